The lowest BCUT2D eigenvalue weighted by atomic mass is 10.1. The Bertz CT molecular complexity index is 361. The minimum absolute atomic E-state index is 0.609. The van der Waals surface area contributed by atoms with Crippen LogP contribution >= 0.6 is 0 Å². The largest absolute Gasteiger partial charge is 0.370 e. The molecule has 2 N–H and O–H groups in total. The number of nitrogens with one attached hydrogen (secondary N) is 2. The summed E-state index contributed by atoms with van der Waals surface area (Å²) in [5.74, 6) is 2.93. The van der Waals surface area contributed by atoms with Gasteiger partial charge in [0, 0.05) is 24.8 Å². The minimum atomic E-state index is 0.609. The first-order chi connectivity index (χ1) is 8.47. The third kappa shape index (κ3) is 5.84. The van der Waals surface area contributed by atoms with E-state index in [2.05, 4.69) is 48.3 Å². The van der Waals surface area contributed by atoms with Crippen molar-refractivity contribution in [3.8, 4) is 0 Å². The molecule has 0 amide bonds. The van der Waals surface area contributed by atoms with Gasteiger partial charge in [-0.3, -0.25) is 0 Å². The molecule has 1 aromatic rings. The molecule has 4 heteroatoms. The minimum Gasteiger partial charge on any atom is -0.370 e. The van der Waals surface area contributed by atoms with Gasteiger partial charge in [-0.2, -0.15) is 4.98 Å². The molecule has 0 unspecified atom stereocenters. The van der Waals surface area contributed by atoms with Crippen molar-refractivity contribution >= 4 is 11.8 Å². The summed E-state index contributed by atoms with van der Waals surface area (Å²) in [6.45, 7) is 12.6. The first-order valence-corrected chi connectivity index (χ1v) is 6.80. The van der Waals surface area contributed by atoms with Crippen molar-refractivity contribution in [1.29, 1.82) is 0 Å². The fourth-order valence-electron chi connectivity index (χ4n) is 1.52. The van der Waals surface area contributed by atoms with Gasteiger partial charge in [-0.05, 0) is 25.2 Å². The molecule has 0 aliphatic rings. The highest BCUT2D eigenvalue weighted by atomic mass is 15.1. The van der Waals surface area contributed by atoms with Crippen molar-refractivity contribution in [2.75, 3.05) is 23.7 Å². The summed E-state index contributed by atoms with van der Waals surface area (Å²) in [5, 5.41) is 6.62. The Labute approximate surface area is 111 Å². The lowest BCUT2D eigenvalue weighted by molar-refractivity contribution is 0.606. The van der Waals surface area contributed by atoms with Gasteiger partial charge >= 0.3 is 0 Å². The standard InChI is InChI=1S/C14H26N4/c1-10(2)6-7-15-14-17-12(5)8-13(18-14)16-9-11(3)4/h8,10-11H,6-7,9H2,1-5H3,(H2,15,16,17,18). The number of aryl methyl sites for hydroxylation is 1. The maximum atomic E-state index is 4.47. The van der Waals surface area contributed by atoms with Gasteiger partial charge in [0.15, 0.2) is 0 Å². The Morgan fingerprint density at radius 2 is 1.78 bits per heavy atom. The van der Waals surface area contributed by atoms with Gasteiger partial charge in [0.1, 0.15) is 5.82 Å². The zero-order valence-corrected chi connectivity index (χ0v) is 12.2. The molecule has 4 nitrogen and oxygen atoms in total. The smallest absolute Gasteiger partial charge is 0.224 e. The lowest BCUT2D eigenvalue weighted by Crippen LogP contribution is -2.12. The summed E-state index contributed by atoms with van der Waals surface area (Å²) < 4.78 is 0. The number of nitrogens with zero attached hydrogens (tertiary/aromatic N) is 2. The van der Waals surface area contributed by atoms with Gasteiger partial charge in [-0.1, -0.05) is 27.7 Å². The molecule has 1 heterocycles. The molecular weight excluding hydrogens is 224 g/mol. The van der Waals surface area contributed by atoms with E-state index in [9.17, 15) is 0 Å². The second kappa shape index (κ2) is 7.19. The third-order valence-corrected chi connectivity index (χ3v) is 2.55. The van der Waals surface area contributed by atoms with Crippen LogP contribution < -0.4 is 10.6 Å². The fraction of sp³-hybridized carbons (Fsp3) is 0.714. The predicted octanol–water partition coefficient (Wildman–Crippen LogP) is 3.31. The number of hydrogen-bond donors (Lipinski definition) is 2. The van der Waals surface area contributed by atoms with E-state index >= 15 is 0 Å². The second-order valence-electron chi connectivity index (χ2n) is 5.60. The number of aromatic nitrogens is 2. The summed E-state index contributed by atoms with van der Waals surface area (Å²) in [5.41, 5.74) is 0.989. The zero-order chi connectivity index (χ0) is 13.5. The quantitative estimate of drug-likeness (QED) is 0.779. The van der Waals surface area contributed by atoms with Crippen LogP contribution in [0.4, 0.5) is 11.8 Å². The van der Waals surface area contributed by atoms with Gasteiger partial charge in [0.05, 0.1) is 0 Å². The molecule has 0 bridgehead atoms. The zero-order valence-electron chi connectivity index (χ0n) is 12.2. The highest BCUT2D eigenvalue weighted by molar-refractivity contribution is 5.42. The van der Waals surface area contributed by atoms with E-state index in [1.54, 1.807) is 0 Å². The van der Waals surface area contributed by atoms with E-state index in [1.807, 2.05) is 13.0 Å². The van der Waals surface area contributed by atoms with Crippen LogP contribution in [0.5, 0.6) is 0 Å². The molecule has 0 aliphatic carbocycles. The molecule has 0 saturated heterocycles. The van der Waals surface area contributed by atoms with E-state index in [0.717, 1.165) is 37.0 Å². The van der Waals surface area contributed by atoms with Crippen LogP contribution in [-0.4, -0.2) is 23.1 Å². The molecular formula is C14H26N4. The normalized spacial score (nSPS) is 11.1. The van der Waals surface area contributed by atoms with Gasteiger partial charge in [-0.25, -0.2) is 4.98 Å². The Morgan fingerprint density at radius 1 is 1.06 bits per heavy atom. The molecule has 102 valence electrons. The van der Waals surface area contributed by atoms with Crippen LogP contribution in [-0.2, 0) is 0 Å². The molecule has 0 radical (unpaired) electrons. The Kier molecular flexibility index (Phi) is 5.89. The first kappa shape index (κ1) is 14.7. The van der Waals surface area contributed by atoms with Crippen molar-refractivity contribution in [2.24, 2.45) is 11.8 Å². The molecule has 18 heavy (non-hydrogen) atoms. The molecule has 0 spiro atoms. The summed E-state index contributed by atoms with van der Waals surface area (Å²) in [6.07, 6.45) is 1.13. The number of anilines is 2. The van der Waals surface area contributed by atoms with Crippen molar-refractivity contribution in [1.82, 2.24) is 9.97 Å². The molecule has 0 atom stereocenters. The van der Waals surface area contributed by atoms with Crippen LogP contribution in [0, 0.1) is 18.8 Å². The molecule has 0 fully saturated rings. The maximum Gasteiger partial charge on any atom is 0.224 e. The SMILES string of the molecule is Cc1cc(NCC(C)C)nc(NCCC(C)C)n1. The predicted molar refractivity (Wildman–Crippen MR) is 78.0 cm³/mol. The van der Waals surface area contributed by atoms with Crippen LogP contribution in [0.25, 0.3) is 0 Å². The van der Waals surface area contributed by atoms with E-state index in [4.69, 9.17) is 0 Å². The highest BCUT2D eigenvalue weighted by Crippen LogP contribution is 2.10. The van der Waals surface area contributed by atoms with Crippen molar-refractivity contribution in [3.05, 3.63) is 11.8 Å². The van der Waals surface area contributed by atoms with E-state index in [-0.39, 0.29) is 0 Å². The summed E-state index contributed by atoms with van der Waals surface area (Å²) >= 11 is 0. The van der Waals surface area contributed by atoms with Crippen LogP contribution in [0.2, 0.25) is 0 Å². The van der Waals surface area contributed by atoms with Crippen molar-refractivity contribution in [3.63, 3.8) is 0 Å². The van der Waals surface area contributed by atoms with Gasteiger partial charge in [0.2, 0.25) is 5.95 Å². The maximum absolute atomic E-state index is 4.47. The van der Waals surface area contributed by atoms with Gasteiger partial charge in [0.25, 0.3) is 0 Å². The van der Waals surface area contributed by atoms with E-state index < -0.39 is 0 Å². The highest BCUT2D eigenvalue weighted by Gasteiger charge is 2.03. The van der Waals surface area contributed by atoms with Gasteiger partial charge in [-0.15, -0.1) is 0 Å². The van der Waals surface area contributed by atoms with Crippen molar-refractivity contribution < 1.29 is 0 Å². The number of hydrogen-bond acceptors (Lipinski definition) is 4. The molecule has 0 saturated carbocycles. The van der Waals surface area contributed by atoms with Crippen molar-refractivity contribution in [2.45, 2.75) is 41.0 Å². The fourth-order valence-corrected chi connectivity index (χ4v) is 1.52. The van der Waals surface area contributed by atoms with Crippen LogP contribution in [0.1, 0.15) is 39.8 Å². The summed E-state index contributed by atoms with van der Waals surface area (Å²) in [4.78, 5) is 8.86. The molecule has 0 aromatic carbocycles. The number of rotatable bonds is 7. The van der Waals surface area contributed by atoms with E-state index in [1.165, 1.54) is 0 Å². The monoisotopic (exact) mass is 250 g/mol. The Balaban J connectivity index is 2.57. The first-order valence-electron chi connectivity index (χ1n) is 6.80. The van der Waals surface area contributed by atoms with Crippen LogP contribution in [0.3, 0.4) is 0 Å². The third-order valence-electron chi connectivity index (χ3n) is 2.55. The lowest BCUT2D eigenvalue weighted by Gasteiger charge is -2.11. The van der Waals surface area contributed by atoms with Gasteiger partial charge < -0.3 is 10.6 Å². The molecule has 1 aromatic heterocycles. The summed E-state index contributed by atoms with van der Waals surface area (Å²) in [6, 6.07) is 1.98. The van der Waals surface area contributed by atoms with Crippen LogP contribution in [0.15, 0.2) is 6.07 Å². The Morgan fingerprint density at radius 3 is 2.39 bits per heavy atom. The second-order valence-corrected chi connectivity index (χ2v) is 5.60. The summed E-state index contributed by atoms with van der Waals surface area (Å²) in [7, 11) is 0. The average molecular weight is 250 g/mol. The Hall–Kier alpha value is -1.32. The topological polar surface area (TPSA) is 49.8 Å². The van der Waals surface area contributed by atoms with E-state index in [0.29, 0.717) is 11.8 Å². The molecule has 0 aliphatic heterocycles. The molecule has 1 rings (SSSR count). The average Bonchev–Trinajstić information content (AvgIpc) is 2.25.